The first-order chi connectivity index (χ1) is 7.83. The molecule has 1 aromatic carbocycles. The van der Waals surface area contributed by atoms with Gasteiger partial charge >= 0.3 is 0 Å². The Bertz CT molecular complexity index is 486. The molecular formula is C11H15BrClNO2S. The van der Waals surface area contributed by atoms with Crippen molar-refractivity contribution in [1.29, 1.82) is 0 Å². The molecule has 1 unspecified atom stereocenters. The molecule has 1 aromatic rings. The second-order valence-corrected chi connectivity index (χ2v) is 6.79. The third-order valence-electron chi connectivity index (χ3n) is 2.56. The van der Waals surface area contributed by atoms with Gasteiger partial charge < -0.3 is 0 Å². The Morgan fingerprint density at radius 3 is 2.59 bits per heavy atom. The summed E-state index contributed by atoms with van der Waals surface area (Å²) >= 11 is 9.11. The van der Waals surface area contributed by atoms with E-state index >= 15 is 0 Å². The van der Waals surface area contributed by atoms with Crippen LogP contribution >= 0.6 is 27.5 Å². The van der Waals surface area contributed by atoms with Crippen molar-refractivity contribution in [3.63, 3.8) is 0 Å². The van der Waals surface area contributed by atoms with E-state index in [9.17, 15) is 8.42 Å². The number of hydrogen-bond donors (Lipinski definition) is 1. The van der Waals surface area contributed by atoms with Crippen molar-refractivity contribution in [1.82, 2.24) is 4.72 Å². The van der Waals surface area contributed by atoms with Crippen LogP contribution in [0.1, 0.15) is 20.3 Å². The number of rotatable bonds is 5. The minimum absolute atomic E-state index is 0.186. The van der Waals surface area contributed by atoms with E-state index in [1.54, 1.807) is 12.1 Å². The summed E-state index contributed by atoms with van der Waals surface area (Å²) < 4.78 is 26.9. The summed E-state index contributed by atoms with van der Waals surface area (Å²) in [5.74, 6) is 0. The average Bonchev–Trinajstić information content (AvgIpc) is 2.28. The Morgan fingerprint density at radius 1 is 1.47 bits per heavy atom. The predicted octanol–water partition coefficient (Wildman–Crippen LogP) is 3.18. The van der Waals surface area contributed by atoms with E-state index < -0.39 is 15.6 Å². The Labute approximate surface area is 116 Å². The number of sulfonamides is 1. The molecule has 0 saturated carbocycles. The Kier molecular flexibility index (Phi) is 5.01. The van der Waals surface area contributed by atoms with Gasteiger partial charge in [0.15, 0.2) is 0 Å². The molecule has 17 heavy (non-hydrogen) atoms. The second kappa shape index (κ2) is 5.69. The quantitative estimate of drug-likeness (QED) is 0.837. The molecule has 0 amide bonds. The van der Waals surface area contributed by atoms with Crippen LogP contribution in [0.25, 0.3) is 0 Å². The van der Waals surface area contributed by atoms with Crippen LogP contribution in [-0.4, -0.2) is 19.3 Å². The first kappa shape index (κ1) is 15.0. The maximum Gasteiger partial charge on any atom is 0.241 e. The van der Waals surface area contributed by atoms with Gasteiger partial charge in [-0.25, -0.2) is 13.1 Å². The van der Waals surface area contributed by atoms with Gasteiger partial charge in [0.1, 0.15) is 0 Å². The Morgan fingerprint density at radius 2 is 2.12 bits per heavy atom. The molecule has 0 radical (unpaired) electrons. The van der Waals surface area contributed by atoms with E-state index in [0.29, 0.717) is 16.8 Å². The lowest BCUT2D eigenvalue weighted by molar-refractivity contribution is 0.449. The SMILES string of the molecule is CCC(C)(CBr)NS(=O)(=O)c1cccc(Cl)c1. The number of benzene rings is 1. The summed E-state index contributed by atoms with van der Waals surface area (Å²) in [6, 6.07) is 6.23. The van der Waals surface area contributed by atoms with Crippen molar-refractivity contribution >= 4 is 37.6 Å². The van der Waals surface area contributed by atoms with E-state index in [1.165, 1.54) is 12.1 Å². The van der Waals surface area contributed by atoms with Crippen molar-refractivity contribution in [3.8, 4) is 0 Å². The van der Waals surface area contributed by atoms with Crippen LogP contribution in [0.2, 0.25) is 5.02 Å². The predicted molar refractivity (Wildman–Crippen MR) is 74.3 cm³/mol. The van der Waals surface area contributed by atoms with Crippen LogP contribution in [0.15, 0.2) is 29.2 Å². The molecule has 1 atom stereocenters. The molecule has 1 rings (SSSR count). The monoisotopic (exact) mass is 339 g/mol. The van der Waals surface area contributed by atoms with Crippen LogP contribution in [-0.2, 0) is 10.0 Å². The van der Waals surface area contributed by atoms with Gasteiger partial charge in [-0.2, -0.15) is 0 Å². The van der Waals surface area contributed by atoms with E-state index in [2.05, 4.69) is 20.7 Å². The van der Waals surface area contributed by atoms with Gasteiger partial charge in [0.05, 0.1) is 4.90 Å². The molecule has 0 spiro atoms. The van der Waals surface area contributed by atoms with Crippen LogP contribution in [0, 0.1) is 0 Å². The van der Waals surface area contributed by atoms with Crippen LogP contribution < -0.4 is 4.72 Å². The lowest BCUT2D eigenvalue weighted by Crippen LogP contribution is -2.46. The highest BCUT2D eigenvalue weighted by Gasteiger charge is 2.28. The van der Waals surface area contributed by atoms with Crippen molar-refractivity contribution < 1.29 is 8.42 Å². The Hall–Kier alpha value is -0.100. The summed E-state index contributed by atoms with van der Waals surface area (Å²) in [6.07, 6.45) is 0.693. The lowest BCUT2D eigenvalue weighted by Gasteiger charge is -2.26. The molecule has 1 N–H and O–H groups in total. The molecule has 0 bridgehead atoms. The summed E-state index contributed by atoms with van der Waals surface area (Å²) in [5.41, 5.74) is -0.499. The van der Waals surface area contributed by atoms with Gasteiger partial charge in [-0.15, -0.1) is 0 Å². The van der Waals surface area contributed by atoms with E-state index in [4.69, 9.17) is 11.6 Å². The fraction of sp³-hybridized carbons (Fsp3) is 0.455. The number of halogens is 2. The van der Waals surface area contributed by atoms with E-state index in [1.807, 2.05) is 13.8 Å². The zero-order chi connectivity index (χ0) is 13.1. The fourth-order valence-corrected chi connectivity index (χ4v) is 3.71. The summed E-state index contributed by atoms with van der Waals surface area (Å²) in [4.78, 5) is 0.186. The smallest absolute Gasteiger partial charge is 0.207 e. The molecule has 0 aliphatic heterocycles. The molecule has 0 fully saturated rings. The number of alkyl halides is 1. The zero-order valence-corrected chi connectivity index (χ0v) is 12.9. The first-order valence-electron chi connectivity index (χ1n) is 5.18. The van der Waals surface area contributed by atoms with Gasteiger partial charge in [0.2, 0.25) is 10.0 Å². The number of hydrogen-bond acceptors (Lipinski definition) is 2. The zero-order valence-electron chi connectivity index (χ0n) is 9.70. The second-order valence-electron chi connectivity index (χ2n) is 4.11. The van der Waals surface area contributed by atoms with Crippen molar-refractivity contribution in [2.45, 2.75) is 30.7 Å². The summed E-state index contributed by atoms with van der Waals surface area (Å²) in [6.45, 7) is 3.78. The lowest BCUT2D eigenvalue weighted by atomic mass is 10.0. The molecular weight excluding hydrogens is 326 g/mol. The minimum atomic E-state index is -3.53. The van der Waals surface area contributed by atoms with E-state index in [-0.39, 0.29) is 4.90 Å². The molecule has 0 aromatic heterocycles. The highest BCUT2D eigenvalue weighted by Crippen LogP contribution is 2.20. The fourth-order valence-electron chi connectivity index (χ4n) is 1.21. The number of nitrogens with one attached hydrogen (secondary N) is 1. The molecule has 0 aliphatic rings. The van der Waals surface area contributed by atoms with Crippen molar-refractivity contribution in [3.05, 3.63) is 29.3 Å². The van der Waals surface area contributed by atoms with Crippen molar-refractivity contribution in [2.24, 2.45) is 0 Å². The van der Waals surface area contributed by atoms with Crippen LogP contribution in [0.5, 0.6) is 0 Å². The largest absolute Gasteiger partial charge is 0.241 e. The van der Waals surface area contributed by atoms with E-state index in [0.717, 1.165) is 0 Å². The van der Waals surface area contributed by atoms with Crippen molar-refractivity contribution in [2.75, 3.05) is 5.33 Å². The van der Waals surface area contributed by atoms with Gasteiger partial charge in [0, 0.05) is 15.9 Å². The van der Waals surface area contributed by atoms with Gasteiger partial charge in [-0.1, -0.05) is 40.5 Å². The van der Waals surface area contributed by atoms with Gasteiger partial charge in [-0.3, -0.25) is 0 Å². The first-order valence-corrected chi connectivity index (χ1v) is 8.17. The highest BCUT2D eigenvalue weighted by molar-refractivity contribution is 9.09. The highest BCUT2D eigenvalue weighted by atomic mass is 79.9. The topological polar surface area (TPSA) is 46.2 Å². The molecule has 0 heterocycles. The standard InChI is InChI=1S/C11H15BrClNO2S/c1-3-11(2,8-12)14-17(15,16)10-6-4-5-9(13)7-10/h4-7,14H,3,8H2,1-2H3. The maximum atomic E-state index is 12.1. The third kappa shape index (κ3) is 3.95. The normalized spacial score (nSPS) is 15.5. The summed E-state index contributed by atoms with van der Waals surface area (Å²) in [5, 5.41) is 0.959. The molecule has 3 nitrogen and oxygen atoms in total. The van der Waals surface area contributed by atoms with Gasteiger partial charge in [0.25, 0.3) is 0 Å². The molecule has 96 valence electrons. The molecule has 0 aliphatic carbocycles. The minimum Gasteiger partial charge on any atom is -0.207 e. The van der Waals surface area contributed by atoms with Crippen LogP contribution in [0.4, 0.5) is 0 Å². The summed E-state index contributed by atoms with van der Waals surface area (Å²) in [7, 11) is -3.53. The van der Waals surface area contributed by atoms with Crippen LogP contribution in [0.3, 0.4) is 0 Å². The average molecular weight is 341 g/mol. The maximum absolute atomic E-state index is 12.1. The molecule has 6 heteroatoms. The molecule has 0 saturated heterocycles. The van der Waals surface area contributed by atoms with Gasteiger partial charge in [-0.05, 0) is 31.5 Å². The Balaban J connectivity index is 3.05. The third-order valence-corrected chi connectivity index (χ3v) is 5.67.